The maximum Gasteiger partial charge on any atom is 0.264 e. The Kier molecular flexibility index (Phi) is 3.94. The Morgan fingerprint density at radius 1 is 1.50 bits per heavy atom. The molecule has 96 valence electrons. The van der Waals surface area contributed by atoms with E-state index >= 15 is 0 Å². The van der Waals surface area contributed by atoms with E-state index in [1.165, 1.54) is 11.3 Å². The third-order valence-electron chi connectivity index (χ3n) is 3.38. The van der Waals surface area contributed by atoms with Crippen LogP contribution >= 0.6 is 22.9 Å². The van der Waals surface area contributed by atoms with Gasteiger partial charge in [-0.3, -0.25) is 4.79 Å². The highest BCUT2D eigenvalue weighted by Crippen LogP contribution is 2.31. The highest BCUT2D eigenvalue weighted by Gasteiger charge is 2.34. The summed E-state index contributed by atoms with van der Waals surface area (Å²) >= 11 is 7.41. The van der Waals surface area contributed by atoms with E-state index < -0.39 is 5.54 Å². The van der Waals surface area contributed by atoms with Gasteiger partial charge >= 0.3 is 0 Å². The van der Waals surface area contributed by atoms with Gasteiger partial charge in [-0.1, -0.05) is 30.9 Å². The number of nitrogens with zero attached hydrogens (tertiary/aromatic N) is 1. The Balaban J connectivity index is 2.16. The van der Waals surface area contributed by atoms with E-state index in [2.05, 4.69) is 11.4 Å². The van der Waals surface area contributed by atoms with Crippen molar-refractivity contribution in [3.8, 4) is 6.07 Å². The van der Waals surface area contributed by atoms with Gasteiger partial charge < -0.3 is 5.32 Å². The lowest BCUT2D eigenvalue weighted by atomic mass is 9.83. The van der Waals surface area contributed by atoms with Crippen LogP contribution in [0, 0.1) is 18.3 Å². The molecular weight excluding hydrogens is 268 g/mol. The van der Waals surface area contributed by atoms with Gasteiger partial charge in [0.05, 0.1) is 11.1 Å². The molecular formula is C13H15ClN2OS. The Labute approximate surface area is 116 Å². The molecule has 1 aliphatic carbocycles. The molecule has 1 aliphatic rings. The number of thiophene rings is 1. The Morgan fingerprint density at radius 3 is 2.67 bits per heavy atom. The fourth-order valence-corrected chi connectivity index (χ4v) is 3.45. The number of nitriles is 1. The van der Waals surface area contributed by atoms with E-state index in [4.69, 9.17) is 11.6 Å². The molecule has 0 atom stereocenters. The van der Waals surface area contributed by atoms with Gasteiger partial charge in [0.1, 0.15) is 10.4 Å². The number of aryl methyl sites for hydroxylation is 1. The predicted octanol–water partition coefficient (Wildman–Crippen LogP) is 3.67. The van der Waals surface area contributed by atoms with E-state index in [0.29, 0.717) is 9.90 Å². The molecule has 5 heteroatoms. The minimum Gasteiger partial charge on any atom is -0.333 e. The van der Waals surface area contributed by atoms with Crippen molar-refractivity contribution in [1.29, 1.82) is 5.26 Å². The van der Waals surface area contributed by atoms with Crippen molar-refractivity contribution in [1.82, 2.24) is 5.32 Å². The Morgan fingerprint density at radius 2 is 2.17 bits per heavy atom. The van der Waals surface area contributed by atoms with Crippen LogP contribution in [-0.2, 0) is 0 Å². The molecule has 0 saturated heterocycles. The monoisotopic (exact) mass is 282 g/mol. The van der Waals surface area contributed by atoms with E-state index in [-0.39, 0.29) is 5.91 Å². The zero-order valence-electron chi connectivity index (χ0n) is 10.3. The van der Waals surface area contributed by atoms with E-state index in [1.807, 2.05) is 12.3 Å². The van der Waals surface area contributed by atoms with Crippen LogP contribution in [0.15, 0.2) is 5.38 Å². The summed E-state index contributed by atoms with van der Waals surface area (Å²) in [6.07, 6.45) is 4.59. The summed E-state index contributed by atoms with van der Waals surface area (Å²) in [5, 5.41) is 14.6. The minimum absolute atomic E-state index is 0.221. The van der Waals surface area contributed by atoms with Gasteiger partial charge in [0.15, 0.2) is 0 Å². The van der Waals surface area contributed by atoms with Crippen molar-refractivity contribution in [2.24, 2.45) is 0 Å². The number of rotatable bonds is 2. The molecule has 0 unspecified atom stereocenters. The maximum atomic E-state index is 12.2. The average molecular weight is 283 g/mol. The molecule has 1 aromatic heterocycles. The smallest absolute Gasteiger partial charge is 0.264 e. The average Bonchev–Trinajstić information content (AvgIpc) is 2.71. The number of amides is 1. The zero-order chi connectivity index (χ0) is 13.2. The van der Waals surface area contributed by atoms with E-state index in [1.54, 1.807) is 0 Å². The van der Waals surface area contributed by atoms with Crippen molar-refractivity contribution in [3.05, 3.63) is 20.8 Å². The van der Waals surface area contributed by atoms with Gasteiger partial charge in [0.25, 0.3) is 5.91 Å². The second-order valence-corrected chi connectivity index (χ2v) is 6.03. The van der Waals surface area contributed by atoms with Crippen LogP contribution in [-0.4, -0.2) is 11.4 Å². The number of halogens is 1. The van der Waals surface area contributed by atoms with Crippen LogP contribution in [0.25, 0.3) is 0 Å². The lowest BCUT2D eigenvalue weighted by molar-refractivity contribution is 0.0907. The first-order chi connectivity index (χ1) is 8.58. The molecule has 0 bridgehead atoms. The van der Waals surface area contributed by atoms with E-state index in [9.17, 15) is 10.1 Å². The second-order valence-electron chi connectivity index (χ2n) is 4.77. The summed E-state index contributed by atoms with van der Waals surface area (Å²) in [4.78, 5) is 12.7. The summed E-state index contributed by atoms with van der Waals surface area (Å²) in [5.74, 6) is -0.221. The van der Waals surface area contributed by atoms with Crippen molar-refractivity contribution in [2.45, 2.75) is 44.6 Å². The number of nitrogens with one attached hydrogen (secondary N) is 1. The fourth-order valence-electron chi connectivity index (χ4n) is 2.28. The van der Waals surface area contributed by atoms with Gasteiger partial charge in [0, 0.05) is 0 Å². The third-order valence-corrected chi connectivity index (χ3v) is 5.08. The molecule has 1 fully saturated rings. The predicted molar refractivity (Wildman–Crippen MR) is 73.0 cm³/mol. The highest BCUT2D eigenvalue weighted by molar-refractivity contribution is 7.13. The Hall–Kier alpha value is -1.05. The molecule has 0 radical (unpaired) electrons. The zero-order valence-corrected chi connectivity index (χ0v) is 11.8. The first-order valence-electron chi connectivity index (χ1n) is 6.05. The van der Waals surface area contributed by atoms with Crippen molar-refractivity contribution >= 4 is 28.8 Å². The van der Waals surface area contributed by atoms with Crippen LogP contribution in [0.1, 0.15) is 47.3 Å². The molecule has 0 aliphatic heterocycles. The number of hydrogen-bond donors (Lipinski definition) is 1. The van der Waals surface area contributed by atoms with Crippen LogP contribution in [0.2, 0.25) is 5.02 Å². The van der Waals surface area contributed by atoms with Gasteiger partial charge in [-0.25, -0.2) is 0 Å². The summed E-state index contributed by atoms with van der Waals surface area (Å²) in [6, 6.07) is 2.27. The second kappa shape index (κ2) is 5.29. The lowest BCUT2D eigenvalue weighted by Crippen LogP contribution is -2.48. The molecule has 1 heterocycles. The lowest BCUT2D eigenvalue weighted by Gasteiger charge is -2.31. The summed E-state index contributed by atoms with van der Waals surface area (Å²) in [6.45, 7) is 1.87. The molecule has 0 aromatic carbocycles. The Bertz CT molecular complexity index is 498. The standard InChI is InChI=1S/C13H15ClN2OS/c1-9-7-18-11(10(9)14)12(17)16-13(8-15)5-3-2-4-6-13/h7H,2-6H2,1H3,(H,16,17). The van der Waals surface area contributed by atoms with E-state index in [0.717, 1.165) is 37.7 Å². The molecule has 3 nitrogen and oxygen atoms in total. The normalized spacial score (nSPS) is 18.1. The molecule has 2 rings (SSSR count). The quantitative estimate of drug-likeness (QED) is 0.900. The van der Waals surface area contributed by atoms with Gasteiger partial charge in [-0.15, -0.1) is 11.3 Å². The summed E-state index contributed by atoms with van der Waals surface area (Å²) < 4.78 is 0. The number of hydrogen-bond acceptors (Lipinski definition) is 3. The van der Waals surface area contributed by atoms with Gasteiger partial charge in [-0.2, -0.15) is 5.26 Å². The molecule has 0 spiro atoms. The van der Waals surface area contributed by atoms with Crippen LogP contribution in [0.4, 0.5) is 0 Å². The van der Waals surface area contributed by atoms with Crippen molar-refractivity contribution < 1.29 is 4.79 Å². The van der Waals surface area contributed by atoms with Crippen molar-refractivity contribution in [2.75, 3.05) is 0 Å². The molecule has 1 N–H and O–H groups in total. The number of carbonyl (C=O) groups is 1. The first-order valence-corrected chi connectivity index (χ1v) is 7.31. The largest absolute Gasteiger partial charge is 0.333 e. The first kappa shape index (κ1) is 13.4. The highest BCUT2D eigenvalue weighted by atomic mass is 35.5. The van der Waals surface area contributed by atoms with Gasteiger partial charge in [-0.05, 0) is 30.7 Å². The summed E-state index contributed by atoms with van der Waals surface area (Å²) in [7, 11) is 0. The molecule has 1 saturated carbocycles. The number of carbonyl (C=O) groups excluding carboxylic acids is 1. The molecule has 1 amide bonds. The minimum atomic E-state index is -0.698. The topological polar surface area (TPSA) is 52.9 Å². The summed E-state index contributed by atoms with van der Waals surface area (Å²) in [5.41, 5.74) is 0.206. The van der Waals surface area contributed by atoms with Crippen LogP contribution < -0.4 is 5.32 Å². The molecule has 1 aromatic rings. The van der Waals surface area contributed by atoms with Gasteiger partial charge in [0.2, 0.25) is 0 Å². The van der Waals surface area contributed by atoms with Crippen LogP contribution in [0.5, 0.6) is 0 Å². The fraction of sp³-hybridized carbons (Fsp3) is 0.538. The van der Waals surface area contributed by atoms with Crippen molar-refractivity contribution in [3.63, 3.8) is 0 Å². The maximum absolute atomic E-state index is 12.2. The third kappa shape index (κ3) is 2.52. The SMILES string of the molecule is Cc1csc(C(=O)NC2(C#N)CCCCC2)c1Cl. The molecule has 18 heavy (non-hydrogen) atoms. The van der Waals surface area contributed by atoms with Crippen LogP contribution in [0.3, 0.4) is 0 Å².